The van der Waals surface area contributed by atoms with Gasteiger partial charge in [0, 0.05) is 5.92 Å². The van der Waals surface area contributed by atoms with Gasteiger partial charge in [0.05, 0.1) is 12.6 Å². The van der Waals surface area contributed by atoms with Crippen LogP contribution in [-0.2, 0) is 11.3 Å². The minimum absolute atomic E-state index is 0.0544. The zero-order valence-electron chi connectivity index (χ0n) is 14.7. The highest BCUT2D eigenvalue weighted by atomic mass is 16.2. The fourth-order valence-corrected chi connectivity index (χ4v) is 3.47. The Labute approximate surface area is 153 Å². The molecule has 1 aromatic heterocycles. The van der Waals surface area contributed by atoms with Crippen molar-refractivity contribution in [2.45, 2.75) is 31.8 Å². The Kier molecular flexibility index (Phi) is 4.52. The quantitative estimate of drug-likeness (QED) is 0.745. The second-order valence-corrected chi connectivity index (χ2v) is 6.95. The van der Waals surface area contributed by atoms with Crippen molar-refractivity contribution < 1.29 is 4.79 Å². The number of benzene rings is 2. The van der Waals surface area contributed by atoms with Crippen molar-refractivity contribution in [1.82, 2.24) is 20.1 Å². The molecule has 0 radical (unpaired) electrons. The van der Waals surface area contributed by atoms with Crippen LogP contribution in [0.4, 0.5) is 0 Å². The first-order valence-electron chi connectivity index (χ1n) is 8.95. The molecule has 1 N–H and O–H groups in total. The molecule has 1 heterocycles. The molecule has 0 aliphatic heterocycles. The summed E-state index contributed by atoms with van der Waals surface area (Å²) in [5, 5.41) is 7.40. The van der Waals surface area contributed by atoms with Gasteiger partial charge in [-0.1, -0.05) is 60.2 Å². The van der Waals surface area contributed by atoms with Gasteiger partial charge in [-0.25, -0.2) is 4.98 Å². The van der Waals surface area contributed by atoms with Crippen LogP contribution in [0.3, 0.4) is 0 Å². The number of aromatic nitrogens is 3. The van der Waals surface area contributed by atoms with Crippen molar-refractivity contribution in [3.8, 4) is 0 Å². The van der Waals surface area contributed by atoms with Gasteiger partial charge in [-0.3, -0.25) is 9.48 Å². The van der Waals surface area contributed by atoms with Crippen LogP contribution in [0.2, 0.25) is 0 Å². The van der Waals surface area contributed by atoms with Gasteiger partial charge in [-0.05, 0) is 30.4 Å². The predicted molar refractivity (Wildman–Crippen MR) is 99.4 cm³/mol. The maximum atomic E-state index is 12.8. The summed E-state index contributed by atoms with van der Waals surface area (Å²) in [6, 6.07) is 18.4. The SMILES string of the molecule is Cc1cccc([C@@H]2C[C@@H]2C(=O)N[C@H](Cn2cncn2)c2ccccc2)c1. The molecular formula is C21H22N4O. The average Bonchev–Trinajstić information content (AvgIpc) is 3.31. The van der Waals surface area contributed by atoms with Gasteiger partial charge < -0.3 is 5.32 Å². The molecule has 1 amide bonds. The Morgan fingerprint density at radius 3 is 2.81 bits per heavy atom. The first-order chi connectivity index (χ1) is 12.7. The Hall–Kier alpha value is -2.95. The van der Waals surface area contributed by atoms with Crippen molar-refractivity contribution >= 4 is 5.91 Å². The highest BCUT2D eigenvalue weighted by molar-refractivity contribution is 5.83. The van der Waals surface area contributed by atoms with E-state index >= 15 is 0 Å². The number of nitrogens with zero attached hydrogens (tertiary/aromatic N) is 3. The van der Waals surface area contributed by atoms with E-state index in [9.17, 15) is 4.79 Å². The third-order valence-corrected chi connectivity index (χ3v) is 4.95. The number of nitrogens with one attached hydrogen (secondary N) is 1. The summed E-state index contributed by atoms with van der Waals surface area (Å²) >= 11 is 0. The normalized spacial score (nSPS) is 19.7. The van der Waals surface area contributed by atoms with Gasteiger partial charge in [0.25, 0.3) is 0 Å². The number of hydrogen-bond acceptors (Lipinski definition) is 3. The summed E-state index contributed by atoms with van der Waals surface area (Å²) in [4.78, 5) is 16.8. The molecule has 1 fully saturated rings. The van der Waals surface area contributed by atoms with E-state index in [-0.39, 0.29) is 17.9 Å². The lowest BCUT2D eigenvalue weighted by atomic mass is 10.0. The highest BCUT2D eigenvalue weighted by Gasteiger charge is 2.44. The fourth-order valence-electron chi connectivity index (χ4n) is 3.47. The summed E-state index contributed by atoms with van der Waals surface area (Å²) in [5.74, 6) is 0.502. The van der Waals surface area contributed by atoms with E-state index in [1.165, 1.54) is 17.5 Å². The van der Waals surface area contributed by atoms with Crippen LogP contribution in [-0.4, -0.2) is 20.7 Å². The molecule has 0 bridgehead atoms. The van der Waals surface area contributed by atoms with Crippen molar-refractivity contribution in [2.24, 2.45) is 5.92 Å². The molecule has 26 heavy (non-hydrogen) atoms. The molecule has 5 heteroatoms. The summed E-state index contributed by atoms with van der Waals surface area (Å²) in [5.41, 5.74) is 3.57. The minimum Gasteiger partial charge on any atom is -0.347 e. The van der Waals surface area contributed by atoms with E-state index in [1.807, 2.05) is 30.3 Å². The number of carbonyl (C=O) groups excluding carboxylic acids is 1. The van der Waals surface area contributed by atoms with Crippen LogP contribution in [0.15, 0.2) is 67.3 Å². The lowest BCUT2D eigenvalue weighted by Crippen LogP contribution is -2.33. The zero-order chi connectivity index (χ0) is 17.9. The molecule has 3 aromatic rings. The van der Waals surface area contributed by atoms with Crippen LogP contribution < -0.4 is 5.32 Å². The zero-order valence-corrected chi connectivity index (χ0v) is 14.7. The first kappa shape index (κ1) is 16.5. The van der Waals surface area contributed by atoms with Crippen LogP contribution in [0.25, 0.3) is 0 Å². The Morgan fingerprint density at radius 1 is 1.23 bits per heavy atom. The van der Waals surface area contributed by atoms with Gasteiger partial charge in [0.1, 0.15) is 12.7 Å². The van der Waals surface area contributed by atoms with Crippen molar-refractivity contribution in [2.75, 3.05) is 0 Å². The van der Waals surface area contributed by atoms with Gasteiger partial charge >= 0.3 is 0 Å². The van der Waals surface area contributed by atoms with Crippen molar-refractivity contribution in [1.29, 1.82) is 0 Å². The van der Waals surface area contributed by atoms with Gasteiger partial charge in [0.15, 0.2) is 0 Å². The van der Waals surface area contributed by atoms with Crippen LogP contribution in [0, 0.1) is 12.8 Å². The lowest BCUT2D eigenvalue weighted by Gasteiger charge is -2.19. The van der Waals surface area contributed by atoms with Gasteiger partial charge in [-0.2, -0.15) is 5.10 Å². The molecule has 5 nitrogen and oxygen atoms in total. The predicted octanol–water partition coefficient (Wildman–Crippen LogP) is 3.25. The topological polar surface area (TPSA) is 59.8 Å². The molecule has 1 aliphatic rings. The second-order valence-electron chi connectivity index (χ2n) is 6.95. The molecule has 3 atom stereocenters. The maximum absolute atomic E-state index is 12.8. The van der Waals surface area contributed by atoms with E-state index in [1.54, 1.807) is 11.0 Å². The fraction of sp³-hybridized carbons (Fsp3) is 0.286. The van der Waals surface area contributed by atoms with Crippen LogP contribution >= 0.6 is 0 Å². The number of amides is 1. The van der Waals surface area contributed by atoms with Crippen molar-refractivity contribution in [3.63, 3.8) is 0 Å². The third-order valence-electron chi connectivity index (χ3n) is 4.95. The average molecular weight is 346 g/mol. The van der Waals surface area contributed by atoms with Gasteiger partial charge in [-0.15, -0.1) is 0 Å². The van der Waals surface area contributed by atoms with E-state index in [0.717, 1.165) is 12.0 Å². The van der Waals surface area contributed by atoms with E-state index < -0.39 is 0 Å². The largest absolute Gasteiger partial charge is 0.347 e. The van der Waals surface area contributed by atoms with E-state index in [4.69, 9.17) is 0 Å². The van der Waals surface area contributed by atoms with E-state index in [0.29, 0.717) is 12.5 Å². The first-order valence-corrected chi connectivity index (χ1v) is 8.95. The number of hydrogen-bond donors (Lipinski definition) is 1. The number of rotatable bonds is 6. The molecular weight excluding hydrogens is 324 g/mol. The molecule has 2 aromatic carbocycles. The lowest BCUT2D eigenvalue weighted by molar-refractivity contribution is -0.123. The monoisotopic (exact) mass is 346 g/mol. The summed E-state index contributed by atoms with van der Waals surface area (Å²) < 4.78 is 1.75. The van der Waals surface area contributed by atoms with Crippen LogP contribution in [0.1, 0.15) is 35.1 Å². The summed E-state index contributed by atoms with van der Waals surface area (Å²) in [6.07, 6.45) is 4.10. The van der Waals surface area contributed by atoms with E-state index in [2.05, 4.69) is 46.6 Å². The highest BCUT2D eigenvalue weighted by Crippen LogP contribution is 2.47. The second kappa shape index (κ2) is 7.12. The smallest absolute Gasteiger partial charge is 0.224 e. The molecule has 1 saturated carbocycles. The van der Waals surface area contributed by atoms with Crippen LogP contribution in [0.5, 0.6) is 0 Å². The Bertz CT molecular complexity index is 876. The molecule has 4 rings (SSSR count). The standard InChI is InChI=1S/C21H22N4O/c1-15-6-5-9-17(10-15)18-11-19(18)21(26)24-20(12-25-14-22-13-23-25)16-7-3-2-4-8-16/h2-10,13-14,18-20H,11-12H2,1H3,(H,24,26)/t18-,19-,20+/m0/s1. The summed E-state index contributed by atoms with van der Waals surface area (Å²) in [6.45, 7) is 2.65. The third kappa shape index (κ3) is 3.67. The Balaban J connectivity index is 1.46. The van der Waals surface area contributed by atoms with Crippen molar-refractivity contribution in [3.05, 3.63) is 83.9 Å². The minimum atomic E-state index is -0.121. The molecule has 132 valence electrons. The number of carbonyl (C=O) groups is 1. The molecule has 1 aliphatic carbocycles. The summed E-state index contributed by atoms with van der Waals surface area (Å²) in [7, 11) is 0. The molecule has 0 unspecified atom stereocenters. The maximum Gasteiger partial charge on any atom is 0.224 e. The Morgan fingerprint density at radius 2 is 2.08 bits per heavy atom. The molecule has 0 spiro atoms. The number of aryl methyl sites for hydroxylation is 1. The molecule has 0 saturated heterocycles. The van der Waals surface area contributed by atoms with Gasteiger partial charge in [0.2, 0.25) is 5.91 Å².